The Balaban J connectivity index is 1.76. The van der Waals surface area contributed by atoms with Crippen LogP contribution in [-0.4, -0.2) is 42.3 Å². The van der Waals surface area contributed by atoms with Crippen LogP contribution in [0.2, 0.25) is 0 Å². The lowest BCUT2D eigenvalue weighted by molar-refractivity contribution is -0.123. The Morgan fingerprint density at radius 3 is 2.95 bits per heavy atom. The maximum absolute atomic E-state index is 11.8. The first-order valence-corrected chi connectivity index (χ1v) is 6.70. The molecule has 7 heteroatoms. The summed E-state index contributed by atoms with van der Waals surface area (Å²) in [6.07, 6.45) is 2.07. The van der Waals surface area contributed by atoms with Gasteiger partial charge in [-0.1, -0.05) is 5.16 Å². The normalized spacial score (nSPS) is 19.6. The van der Waals surface area contributed by atoms with E-state index >= 15 is 0 Å². The molecule has 2 heterocycles. The molecular formula is C13H19N3O4. The molecule has 1 aliphatic heterocycles. The van der Waals surface area contributed by atoms with Gasteiger partial charge in [-0.3, -0.25) is 9.59 Å². The molecule has 7 nitrogen and oxygen atoms in total. The predicted molar refractivity (Wildman–Crippen MR) is 70.2 cm³/mol. The highest BCUT2D eigenvalue weighted by Crippen LogP contribution is 2.10. The first kappa shape index (κ1) is 14.5. The average Bonchev–Trinajstić information content (AvgIpc) is 3.06. The fourth-order valence-electron chi connectivity index (χ4n) is 1.98. The van der Waals surface area contributed by atoms with E-state index < -0.39 is 11.9 Å². The standard InChI is InChI=1S/C13H19N3O4/c1-8-6-11(16-20-8)13(18)15-9(2)12(17)14-7-10-4-3-5-19-10/h6,9-10H,3-5,7H2,1-2H3,(H,14,17)(H,15,18)/t9-,10-/m0/s1. The number of nitrogens with zero attached hydrogens (tertiary/aromatic N) is 1. The van der Waals surface area contributed by atoms with Crippen molar-refractivity contribution in [2.45, 2.75) is 38.8 Å². The zero-order valence-electron chi connectivity index (χ0n) is 11.6. The van der Waals surface area contributed by atoms with Crippen molar-refractivity contribution in [2.75, 3.05) is 13.2 Å². The molecule has 2 rings (SSSR count). The summed E-state index contributed by atoms with van der Waals surface area (Å²) < 4.78 is 10.2. The molecule has 1 aliphatic rings. The third kappa shape index (κ3) is 3.80. The van der Waals surface area contributed by atoms with Crippen molar-refractivity contribution in [3.05, 3.63) is 17.5 Å². The van der Waals surface area contributed by atoms with Crippen molar-refractivity contribution < 1.29 is 18.8 Å². The monoisotopic (exact) mass is 281 g/mol. The van der Waals surface area contributed by atoms with Crippen LogP contribution in [0.1, 0.15) is 36.0 Å². The number of aryl methyl sites for hydroxylation is 1. The lowest BCUT2D eigenvalue weighted by Crippen LogP contribution is -2.46. The largest absolute Gasteiger partial charge is 0.376 e. The minimum atomic E-state index is -0.638. The van der Waals surface area contributed by atoms with Crippen LogP contribution in [0.4, 0.5) is 0 Å². The van der Waals surface area contributed by atoms with Crippen molar-refractivity contribution in [3.63, 3.8) is 0 Å². The van der Waals surface area contributed by atoms with Gasteiger partial charge in [0.2, 0.25) is 5.91 Å². The summed E-state index contributed by atoms with van der Waals surface area (Å²) in [6, 6.07) is 0.882. The zero-order chi connectivity index (χ0) is 14.5. The molecule has 0 aromatic carbocycles. The fourth-order valence-corrected chi connectivity index (χ4v) is 1.98. The van der Waals surface area contributed by atoms with E-state index in [4.69, 9.17) is 9.26 Å². The Hall–Kier alpha value is -1.89. The van der Waals surface area contributed by atoms with E-state index in [0.29, 0.717) is 12.3 Å². The number of nitrogens with one attached hydrogen (secondary N) is 2. The van der Waals surface area contributed by atoms with Crippen LogP contribution in [0, 0.1) is 6.92 Å². The molecule has 1 aromatic heterocycles. The van der Waals surface area contributed by atoms with Crippen LogP contribution in [-0.2, 0) is 9.53 Å². The average molecular weight is 281 g/mol. The van der Waals surface area contributed by atoms with Crippen LogP contribution in [0.3, 0.4) is 0 Å². The molecule has 1 saturated heterocycles. The first-order valence-electron chi connectivity index (χ1n) is 6.70. The second kappa shape index (κ2) is 6.51. The second-order valence-electron chi connectivity index (χ2n) is 4.90. The summed E-state index contributed by atoms with van der Waals surface area (Å²) in [6.45, 7) is 4.54. The van der Waals surface area contributed by atoms with E-state index in [9.17, 15) is 9.59 Å². The molecule has 0 unspecified atom stereocenters. The second-order valence-corrected chi connectivity index (χ2v) is 4.90. The number of rotatable bonds is 5. The van der Waals surface area contributed by atoms with Crippen LogP contribution in [0.25, 0.3) is 0 Å². The Morgan fingerprint density at radius 2 is 2.35 bits per heavy atom. The minimum absolute atomic E-state index is 0.0834. The van der Waals surface area contributed by atoms with E-state index in [-0.39, 0.29) is 17.7 Å². The fraction of sp³-hybridized carbons (Fsp3) is 0.615. The van der Waals surface area contributed by atoms with Gasteiger partial charge in [0, 0.05) is 19.2 Å². The van der Waals surface area contributed by atoms with E-state index in [0.717, 1.165) is 19.4 Å². The van der Waals surface area contributed by atoms with Gasteiger partial charge in [0.25, 0.3) is 5.91 Å². The molecular weight excluding hydrogens is 262 g/mol. The van der Waals surface area contributed by atoms with Gasteiger partial charge in [-0.25, -0.2) is 0 Å². The summed E-state index contributed by atoms with van der Waals surface area (Å²) >= 11 is 0. The third-order valence-corrected chi connectivity index (χ3v) is 3.13. The van der Waals surface area contributed by atoms with Crippen molar-refractivity contribution in [2.24, 2.45) is 0 Å². The molecule has 1 aromatic rings. The molecule has 0 radical (unpaired) electrons. The number of aromatic nitrogens is 1. The third-order valence-electron chi connectivity index (χ3n) is 3.13. The van der Waals surface area contributed by atoms with Gasteiger partial charge in [-0.05, 0) is 26.7 Å². The van der Waals surface area contributed by atoms with Gasteiger partial charge in [0.1, 0.15) is 11.8 Å². The molecule has 20 heavy (non-hydrogen) atoms. The number of carbonyl (C=O) groups is 2. The number of amides is 2. The Morgan fingerprint density at radius 1 is 1.55 bits per heavy atom. The Bertz CT molecular complexity index is 480. The van der Waals surface area contributed by atoms with Crippen molar-refractivity contribution in [1.82, 2.24) is 15.8 Å². The van der Waals surface area contributed by atoms with Gasteiger partial charge in [0.05, 0.1) is 6.10 Å². The number of carbonyl (C=O) groups excluding carboxylic acids is 2. The van der Waals surface area contributed by atoms with Crippen molar-refractivity contribution in [1.29, 1.82) is 0 Å². The smallest absolute Gasteiger partial charge is 0.274 e. The minimum Gasteiger partial charge on any atom is -0.376 e. The van der Waals surface area contributed by atoms with Gasteiger partial charge in [0.15, 0.2) is 5.69 Å². The SMILES string of the molecule is Cc1cc(C(=O)N[C@@H](C)C(=O)NC[C@@H]2CCCO2)no1. The van der Waals surface area contributed by atoms with Crippen molar-refractivity contribution >= 4 is 11.8 Å². The highest BCUT2D eigenvalue weighted by molar-refractivity contribution is 5.95. The summed E-state index contributed by atoms with van der Waals surface area (Å²) in [5.41, 5.74) is 0.168. The lowest BCUT2D eigenvalue weighted by Gasteiger charge is -2.15. The quantitative estimate of drug-likeness (QED) is 0.814. The molecule has 2 amide bonds. The van der Waals surface area contributed by atoms with Gasteiger partial charge in [-0.15, -0.1) is 0 Å². The first-order chi connectivity index (χ1) is 9.56. The molecule has 0 bridgehead atoms. The number of ether oxygens (including phenoxy) is 1. The van der Waals surface area contributed by atoms with E-state index in [2.05, 4.69) is 15.8 Å². The van der Waals surface area contributed by atoms with Crippen molar-refractivity contribution in [3.8, 4) is 0 Å². The van der Waals surface area contributed by atoms with Gasteiger partial charge in [-0.2, -0.15) is 0 Å². The Kier molecular flexibility index (Phi) is 4.73. The predicted octanol–water partition coefficient (Wildman–Crippen LogP) is 0.397. The topological polar surface area (TPSA) is 93.5 Å². The molecule has 0 aliphatic carbocycles. The van der Waals surface area contributed by atoms with E-state index in [1.165, 1.54) is 6.07 Å². The maximum atomic E-state index is 11.8. The molecule has 110 valence electrons. The maximum Gasteiger partial charge on any atom is 0.274 e. The summed E-state index contributed by atoms with van der Waals surface area (Å²) in [7, 11) is 0. The zero-order valence-corrected chi connectivity index (χ0v) is 11.6. The molecule has 2 atom stereocenters. The Labute approximate surface area is 117 Å². The number of hydrogen-bond donors (Lipinski definition) is 2. The van der Waals surface area contributed by atoms with E-state index in [1.54, 1.807) is 13.8 Å². The summed E-state index contributed by atoms with van der Waals surface area (Å²) in [5, 5.41) is 8.93. The van der Waals surface area contributed by atoms with Gasteiger partial charge >= 0.3 is 0 Å². The van der Waals surface area contributed by atoms with Gasteiger partial charge < -0.3 is 19.9 Å². The highest BCUT2D eigenvalue weighted by Gasteiger charge is 2.21. The van der Waals surface area contributed by atoms with E-state index in [1.807, 2.05) is 0 Å². The van der Waals surface area contributed by atoms with Crippen LogP contribution >= 0.6 is 0 Å². The van der Waals surface area contributed by atoms with Crippen LogP contribution < -0.4 is 10.6 Å². The molecule has 0 spiro atoms. The summed E-state index contributed by atoms with van der Waals surface area (Å²) in [4.78, 5) is 23.6. The molecule has 0 saturated carbocycles. The van der Waals surface area contributed by atoms with Crippen LogP contribution in [0.15, 0.2) is 10.6 Å². The highest BCUT2D eigenvalue weighted by atomic mass is 16.5. The lowest BCUT2D eigenvalue weighted by atomic mass is 10.2. The number of hydrogen-bond acceptors (Lipinski definition) is 5. The van der Waals surface area contributed by atoms with Crippen LogP contribution in [0.5, 0.6) is 0 Å². The molecule has 2 N–H and O–H groups in total. The summed E-state index contributed by atoms with van der Waals surface area (Å²) in [5.74, 6) is -0.124. The molecule has 1 fully saturated rings.